The van der Waals surface area contributed by atoms with E-state index >= 15 is 0 Å². The normalized spacial score (nSPS) is 11.0. The van der Waals surface area contributed by atoms with E-state index in [9.17, 15) is 9.59 Å². The second-order valence-electron chi connectivity index (χ2n) is 8.16. The second-order valence-corrected chi connectivity index (χ2v) is 8.16. The average molecular weight is 428 g/mol. The summed E-state index contributed by atoms with van der Waals surface area (Å²) in [4.78, 5) is 25.2. The van der Waals surface area contributed by atoms with E-state index in [1.807, 2.05) is 52.0 Å². The second kappa shape index (κ2) is 8.71. The van der Waals surface area contributed by atoms with Crippen molar-refractivity contribution in [3.05, 3.63) is 93.6 Å². The number of fused-ring (bicyclic) bond motifs is 1. The Bertz CT molecular complexity index is 1330. The molecule has 0 atom stereocenters. The van der Waals surface area contributed by atoms with E-state index in [0.29, 0.717) is 28.0 Å². The number of carbonyl (C=O) groups excluding carboxylic acids is 1. The molecule has 3 aromatic carbocycles. The molecule has 0 fully saturated rings. The molecular weight excluding hydrogens is 402 g/mol. The van der Waals surface area contributed by atoms with Gasteiger partial charge in [-0.15, -0.1) is 0 Å². The molecule has 0 aliphatic rings. The first kappa shape index (κ1) is 21.4. The van der Waals surface area contributed by atoms with Crippen molar-refractivity contribution in [3.63, 3.8) is 0 Å². The zero-order valence-electron chi connectivity index (χ0n) is 18.6. The van der Waals surface area contributed by atoms with E-state index in [1.54, 1.807) is 36.4 Å². The van der Waals surface area contributed by atoms with Crippen LogP contribution in [0.15, 0.2) is 75.9 Å². The first-order chi connectivity index (χ1) is 15.3. The van der Waals surface area contributed by atoms with Gasteiger partial charge in [0.2, 0.25) is 0 Å². The smallest absolute Gasteiger partial charge is 0.255 e. The fourth-order valence-corrected chi connectivity index (χ4v) is 3.63. The summed E-state index contributed by atoms with van der Waals surface area (Å²) in [5.41, 5.74) is 4.36. The van der Waals surface area contributed by atoms with Crippen LogP contribution in [0.1, 0.15) is 35.3 Å². The fourth-order valence-electron chi connectivity index (χ4n) is 3.63. The molecule has 0 bridgehead atoms. The molecule has 0 saturated carbocycles. The lowest BCUT2D eigenvalue weighted by Crippen LogP contribution is -2.12. The van der Waals surface area contributed by atoms with Crippen LogP contribution in [0.2, 0.25) is 0 Å². The molecular formula is C27H25NO4. The molecule has 4 rings (SSSR count). The minimum atomic E-state index is -0.222. The van der Waals surface area contributed by atoms with Crippen molar-refractivity contribution in [2.75, 3.05) is 5.32 Å². The molecule has 4 aromatic rings. The summed E-state index contributed by atoms with van der Waals surface area (Å²) in [5, 5.41) is 3.45. The quantitative estimate of drug-likeness (QED) is 0.417. The number of nitrogens with one attached hydrogen (secondary N) is 1. The third-order valence-corrected chi connectivity index (χ3v) is 5.07. The largest absolute Gasteiger partial charge is 0.491 e. The molecule has 0 saturated heterocycles. The number of ether oxygens (including phenoxy) is 1. The Morgan fingerprint density at radius 3 is 2.28 bits per heavy atom. The molecule has 1 heterocycles. The highest BCUT2D eigenvalue weighted by molar-refractivity contribution is 6.04. The number of carbonyl (C=O) groups is 1. The summed E-state index contributed by atoms with van der Waals surface area (Å²) in [7, 11) is 0. The maximum Gasteiger partial charge on any atom is 0.255 e. The molecule has 162 valence electrons. The number of hydrogen-bond donors (Lipinski definition) is 1. The fraction of sp³-hybridized carbons (Fsp3) is 0.185. The molecule has 1 amide bonds. The van der Waals surface area contributed by atoms with Gasteiger partial charge < -0.3 is 14.5 Å². The maximum absolute atomic E-state index is 12.6. The van der Waals surface area contributed by atoms with Gasteiger partial charge in [0, 0.05) is 22.9 Å². The molecule has 1 N–H and O–H groups in total. The third-order valence-electron chi connectivity index (χ3n) is 5.07. The van der Waals surface area contributed by atoms with E-state index in [1.165, 1.54) is 6.07 Å². The van der Waals surface area contributed by atoms with Gasteiger partial charge in [-0.1, -0.05) is 18.2 Å². The summed E-state index contributed by atoms with van der Waals surface area (Å²) in [6, 6.07) is 19.6. The van der Waals surface area contributed by atoms with Gasteiger partial charge in [-0.25, -0.2) is 0 Å². The Balaban J connectivity index is 1.54. The van der Waals surface area contributed by atoms with Gasteiger partial charge in [0.1, 0.15) is 17.1 Å². The Morgan fingerprint density at radius 1 is 0.938 bits per heavy atom. The van der Waals surface area contributed by atoms with Crippen molar-refractivity contribution in [1.82, 2.24) is 0 Å². The molecule has 5 nitrogen and oxygen atoms in total. The van der Waals surface area contributed by atoms with Gasteiger partial charge in [0.15, 0.2) is 5.43 Å². The van der Waals surface area contributed by atoms with Gasteiger partial charge in [-0.05, 0) is 81.3 Å². The number of rotatable bonds is 5. The lowest BCUT2D eigenvalue weighted by molar-refractivity contribution is 0.102. The van der Waals surface area contributed by atoms with E-state index in [4.69, 9.17) is 9.15 Å². The Hall–Kier alpha value is -3.86. The standard InChI is InChI=1S/C27H25NO4/c1-16(2)31-22-11-9-21(10-12-22)28-27(30)20-7-5-19(6-8-20)25-15-24(29)23-14-17(3)13-18(4)26(23)32-25/h5-16H,1-4H3,(H,28,30). The first-order valence-corrected chi connectivity index (χ1v) is 10.5. The number of aryl methyl sites for hydroxylation is 2. The van der Waals surface area contributed by atoms with Crippen LogP contribution in [-0.2, 0) is 0 Å². The Labute approximate surface area is 186 Å². The highest BCUT2D eigenvalue weighted by Crippen LogP contribution is 2.26. The summed E-state index contributed by atoms with van der Waals surface area (Å²) in [6.07, 6.45) is 0.0917. The molecule has 1 aromatic heterocycles. The number of hydrogen-bond acceptors (Lipinski definition) is 4. The van der Waals surface area contributed by atoms with Crippen LogP contribution in [0.5, 0.6) is 5.75 Å². The zero-order chi connectivity index (χ0) is 22.8. The van der Waals surface area contributed by atoms with E-state index in [-0.39, 0.29) is 17.4 Å². The third kappa shape index (κ3) is 4.57. The number of benzene rings is 3. The monoisotopic (exact) mass is 427 g/mol. The summed E-state index contributed by atoms with van der Waals surface area (Å²) < 4.78 is 11.7. The van der Waals surface area contributed by atoms with E-state index < -0.39 is 0 Å². The highest BCUT2D eigenvalue weighted by Gasteiger charge is 2.12. The van der Waals surface area contributed by atoms with Crippen LogP contribution >= 0.6 is 0 Å². The van der Waals surface area contributed by atoms with E-state index in [0.717, 1.165) is 22.4 Å². The van der Waals surface area contributed by atoms with Crippen LogP contribution in [0.3, 0.4) is 0 Å². The minimum absolute atomic E-state index is 0.0836. The molecule has 0 spiro atoms. The summed E-state index contributed by atoms with van der Waals surface area (Å²) >= 11 is 0. The van der Waals surface area contributed by atoms with E-state index in [2.05, 4.69) is 5.32 Å². The van der Waals surface area contributed by atoms with Gasteiger partial charge >= 0.3 is 0 Å². The van der Waals surface area contributed by atoms with Crippen molar-refractivity contribution >= 4 is 22.6 Å². The Morgan fingerprint density at radius 2 is 1.62 bits per heavy atom. The highest BCUT2D eigenvalue weighted by atomic mass is 16.5. The molecule has 0 aliphatic heterocycles. The number of amides is 1. The van der Waals surface area contributed by atoms with Crippen molar-refractivity contribution < 1.29 is 13.9 Å². The van der Waals surface area contributed by atoms with Crippen molar-refractivity contribution in [3.8, 4) is 17.1 Å². The predicted molar refractivity (Wildman–Crippen MR) is 128 cm³/mol. The predicted octanol–water partition coefficient (Wildman–Crippen LogP) is 6.12. The lowest BCUT2D eigenvalue weighted by Gasteiger charge is -2.11. The minimum Gasteiger partial charge on any atom is -0.491 e. The van der Waals surface area contributed by atoms with Crippen molar-refractivity contribution in [2.45, 2.75) is 33.8 Å². The molecule has 5 heteroatoms. The molecule has 0 radical (unpaired) electrons. The van der Waals surface area contributed by atoms with Crippen LogP contribution < -0.4 is 15.5 Å². The van der Waals surface area contributed by atoms with Crippen LogP contribution in [0.4, 0.5) is 5.69 Å². The first-order valence-electron chi connectivity index (χ1n) is 10.5. The molecule has 0 aliphatic carbocycles. The van der Waals surface area contributed by atoms with Crippen LogP contribution in [0, 0.1) is 13.8 Å². The maximum atomic E-state index is 12.6. The van der Waals surface area contributed by atoms with Crippen molar-refractivity contribution in [2.24, 2.45) is 0 Å². The SMILES string of the molecule is Cc1cc(C)c2oc(-c3ccc(C(=O)Nc4ccc(OC(C)C)cc4)cc3)cc(=O)c2c1. The molecule has 0 unspecified atom stereocenters. The van der Waals surface area contributed by atoms with Crippen LogP contribution in [-0.4, -0.2) is 12.0 Å². The summed E-state index contributed by atoms with van der Waals surface area (Å²) in [5.74, 6) is 1.01. The van der Waals surface area contributed by atoms with Crippen LogP contribution in [0.25, 0.3) is 22.3 Å². The zero-order valence-corrected chi connectivity index (χ0v) is 18.6. The topological polar surface area (TPSA) is 68.5 Å². The lowest BCUT2D eigenvalue weighted by atomic mass is 10.1. The Kier molecular flexibility index (Phi) is 5.82. The molecule has 32 heavy (non-hydrogen) atoms. The van der Waals surface area contributed by atoms with Crippen molar-refractivity contribution in [1.29, 1.82) is 0 Å². The summed E-state index contributed by atoms with van der Waals surface area (Å²) in [6.45, 7) is 7.81. The average Bonchev–Trinajstić information content (AvgIpc) is 2.75. The van der Waals surface area contributed by atoms with Gasteiger partial charge in [-0.2, -0.15) is 0 Å². The number of anilines is 1. The van der Waals surface area contributed by atoms with Gasteiger partial charge in [0.25, 0.3) is 5.91 Å². The van der Waals surface area contributed by atoms with Gasteiger partial charge in [0.05, 0.1) is 11.5 Å². The van der Waals surface area contributed by atoms with Gasteiger partial charge in [-0.3, -0.25) is 9.59 Å².